The predicted molar refractivity (Wildman–Crippen MR) is 88.1 cm³/mol. The third-order valence-electron chi connectivity index (χ3n) is 2.86. The van der Waals surface area contributed by atoms with Crippen LogP contribution >= 0.6 is 0 Å². The Labute approximate surface area is 137 Å². The molecule has 1 atom stereocenters. The average Bonchev–Trinajstić information content (AvgIpc) is 2.81. The monoisotopic (exact) mass is 340 g/mol. The van der Waals surface area contributed by atoms with Crippen molar-refractivity contribution in [3.05, 3.63) is 22.7 Å². The van der Waals surface area contributed by atoms with Crippen molar-refractivity contribution in [3.8, 4) is 0 Å². The summed E-state index contributed by atoms with van der Waals surface area (Å²) in [6.45, 7) is 12.8. The summed E-state index contributed by atoms with van der Waals surface area (Å²) in [5, 5.41) is 10.6. The Balaban J connectivity index is 3.19. The fourth-order valence-electron chi connectivity index (χ4n) is 1.77. The molecule has 1 unspecified atom stereocenters. The maximum Gasteiger partial charge on any atom is 0.357 e. The molecule has 0 saturated carbocycles. The highest BCUT2D eigenvalue weighted by Crippen LogP contribution is 2.29. The smallest absolute Gasteiger partial charge is 0.355 e. The number of amidine groups is 1. The molecule has 1 aromatic heterocycles. The first-order valence-corrected chi connectivity index (χ1v) is 7.93. The van der Waals surface area contributed by atoms with Gasteiger partial charge >= 0.3 is 5.84 Å². The second-order valence-electron chi connectivity index (χ2n) is 6.00. The summed E-state index contributed by atoms with van der Waals surface area (Å²) in [7, 11) is 3.02. The van der Waals surface area contributed by atoms with E-state index in [1.807, 2.05) is 20.8 Å². The minimum absolute atomic E-state index is 0.143. The van der Waals surface area contributed by atoms with E-state index in [-0.39, 0.29) is 22.8 Å². The zero-order valence-electron chi connectivity index (χ0n) is 13.7. The van der Waals surface area contributed by atoms with Crippen LogP contribution in [0, 0.1) is 6.57 Å². The number of aromatic amines is 1. The van der Waals surface area contributed by atoms with Gasteiger partial charge in [0, 0.05) is 30.8 Å². The van der Waals surface area contributed by atoms with Gasteiger partial charge in [0.25, 0.3) is 5.91 Å². The predicted octanol–water partition coefficient (Wildman–Crippen LogP) is 1.16. The molecule has 10 heteroatoms. The molecule has 0 spiro atoms. The number of rotatable bonds is 4. The standard InChI is InChI=1S/C13H20N6O3S/c1-13(2,3)9-8(7-23(21)22)10(16-15-9)17-18-11(14-4)12(20)19(5)6/h7H2,1-3,5-6H3,(H,21,22)(H2,15,16,17)/b18-11+. The summed E-state index contributed by atoms with van der Waals surface area (Å²) in [6, 6.07) is 0. The molecular formula is C13H20N6O3S. The number of likely N-dealkylation sites (N-methyl/N-ethyl adjacent to an activating group) is 1. The molecule has 9 nitrogen and oxygen atoms in total. The quantitative estimate of drug-likeness (QED) is 0.250. The Bertz CT molecular complexity index is 681. The minimum Gasteiger partial charge on any atom is -0.355 e. The van der Waals surface area contributed by atoms with Crippen LogP contribution in [-0.4, -0.2) is 49.7 Å². The van der Waals surface area contributed by atoms with Gasteiger partial charge in [-0.3, -0.25) is 9.89 Å². The van der Waals surface area contributed by atoms with Gasteiger partial charge in [-0.25, -0.2) is 4.21 Å². The van der Waals surface area contributed by atoms with Crippen LogP contribution in [0.15, 0.2) is 5.10 Å². The number of aromatic nitrogens is 2. The van der Waals surface area contributed by atoms with Gasteiger partial charge in [-0.1, -0.05) is 27.3 Å². The number of hydrogen-bond acceptors (Lipinski definition) is 5. The Hall–Kier alpha value is -2.25. The van der Waals surface area contributed by atoms with E-state index < -0.39 is 17.0 Å². The van der Waals surface area contributed by atoms with Crippen molar-refractivity contribution >= 4 is 28.6 Å². The normalized spacial score (nSPS) is 13.3. The van der Waals surface area contributed by atoms with Gasteiger partial charge in [-0.05, 0) is 5.10 Å². The van der Waals surface area contributed by atoms with Crippen LogP contribution in [0.3, 0.4) is 0 Å². The highest BCUT2D eigenvalue weighted by molar-refractivity contribution is 7.78. The number of carbonyl (C=O) groups excluding carboxylic acids is 1. The van der Waals surface area contributed by atoms with Gasteiger partial charge < -0.3 is 14.3 Å². The van der Waals surface area contributed by atoms with Gasteiger partial charge in [0.05, 0.1) is 5.75 Å². The molecule has 1 amide bonds. The van der Waals surface area contributed by atoms with Crippen molar-refractivity contribution < 1.29 is 13.6 Å². The van der Waals surface area contributed by atoms with E-state index in [0.717, 1.165) is 0 Å². The molecule has 1 rings (SSSR count). The number of anilines is 1. The number of amides is 1. The van der Waals surface area contributed by atoms with E-state index in [2.05, 4.69) is 25.6 Å². The molecule has 0 aromatic carbocycles. The summed E-state index contributed by atoms with van der Waals surface area (Å²) in [6.07, 6.45) is 0. The van der Waals surface area contributed by atoms with E-state index in [1.165, 1.54) is 19.0 Å². The first-order valence-electron chi connectivity index (χ1n) is 6.66. The van der Waals surface area contributed by atoms with E-state index >= 15 is 0 Å². The van der Waals surface area contributed by atoms with Crippen molar-refractivity contribution in [2.24, 2.45) is 5.10 Å². The molecule has 1 aromatic rings. The van der Waals surface area contributed by atoms with Gasteiger partial charge in [-0.2, -0.15) is 10.5 Å². The second-order valence-corrected chi connectivity index (χ2v) is 6.93. The van der Waals surface area contributed by atoms with E-state index in [4.69, 9.17) is 6.57 Å². The van der Waals surface area contributed by atoms with Gasteiger partial charge in [0.15, 0.2) is 16.9 Å². The molecule has 1 heterocycles. The molecule has 0 aliphatic rings. The lowest BCUT2D eigenvalue weighted by Gasteiger charge is -2.17. The molecule has 0 aliphatic heterocycles. The molecule has 0 fully saturated rings. The molecule has 0 bridgehead atoms. The lowest BCUT2D eigenvalue weighted by atomic mass is 9.90. The summed E-state index contributed by atoms with van der Waals surface area (Å²) >= 11 is -2.07. The van der Waals surface area contributed by atoms with Crippen molar-refractivity contribution in [2.75, 3.05) is 19.5 Å². The topological polar surface area (TPSA) is 115 Å². The minimum atomic E-state index is -2.07. The number of H-pyrrole nitrogens is 1. The van der Waals surface area contributed by atoms with Gasteiger partial charge in [-0.15, -0.1) is 0 Å². The Kier molecular flexibility index (Phi) is 6.00. The summed E-state index contributed by atoms with van der Waals surface area (Å²) in [5.41, 5.74) is 3.38. The van der Waals surface area contributed by atoms with Crippen LogP contribution in [0.5, 0.6) is 0 Å². The largest absolute Gasteiger partial charge is 0.357 e. The van der Waals surface area contributed by atoms with Crippen LogP contribution in [0.1, 0.15) is 32.0 Å². The number of nitrogens with one attached hydrogen (secondary N) is 2. The fourth-order valence-corrected chi connectivity index (χ4v) is 2.30. The van der Waals surface area contributed by atoms with Crippen molar-refractivity contribution in [3.63, 3.8) is 0 Å². The Morgan fingerprint density at radius 1 is 1.52 bits per heavy atom. The van der Waals surface area contributed by atoms with Crippen molar-refractivity contribution in [1.29, 1.82) is 0 Å². The average molecular weight is 340 g/mol. The first kappa shape index (κ1) is 18.8. The molecule has 23 heavy (non-hydrogen) atoms. The first-order chi connectivity index (χ1) is 10.6. The summed E-state index contributed by atoms with van der Waals surface area (Å²) < 4.78 is 20.4. The van der Waals surface area contributed by atoms with E-state index in [0.29, 0.717) is 11.3 Å². The maximum atomic E-state index is 11.7. The number of carbonyl (C=O) groups is 1. The highest BCUT2D eigenvalue weighted by atomic mass is 32.2. The number of hydrazone groups is 1. The number of nitrogens with zero attached hydrogens (tertiary/aromatic N) is 4. The maximum absolute atomic E-state index is 11.7. The lowest BCUT2D eigenvalue weighted by Crippen LogP contribution is -2.28. The van der Waals surface area contributed by atoms with Crippen LogP contribution < -0.4 is 5.43 Å². The van der Waals surface area contributed by atoms with Crippen molar-refractivity contribution in [1.82, 2.24) is 15.1 Å². The van der Waals surface area contributed by atoms with Crippen LogP contribution in [0.4, 0.5) is 5.82 Å². The summed E-state index contributed by atoms with van der Waals surface area (Å²) in [5.74, 6) is -0.835. The van der Waals surface area contributed by atoms with E-state index in [1.54, 1.807) is 0 Å². The van der Waals surface area contributed by atoms with E-state index in [9.17, 15) is 13.6 Å². The Morgan fingerprint density at radius 3 is 2.57 bits per heavy atom. The Morgan fingerprint density at radius 2 is 2.13 bits per heavy atom. The third kappa shape index (κ3) is 4.87. The molecule has 0 saturated heterocycles. The van der Waals surface area contributed by atoms with Gasteiger partial charge in [0.2, 0.25) is 0 Å². The lowest BCUT2D eigenvalue weighted by molar-refractivity contribution is -0.121. The second kappa shape index (κ2) is 7.34. The highest BCUT2D eigenvalue weighted by Gasteiger charge is 2.25. The zero-order valence-corrected chi connectivity index (χ0v) is 14.5. The van der Waals surface area contributed by atoms with Crippen LogP contribution in [0.25, 0.3) is 4.85 Å². The SMILES string of the molecule is [C-]#[N+]/C(=N/Nc1n[nH]c(C(C)(C)C)c1CS(=O)O)C(=O)N(C)C. The molecule has 3 N–H and O–H groups in total. The molecule has 0 radical (unpaired) electrons. The number of hydrogen-bond donors (Lipinski definition) is 3. The van der Waals surface area contributed by atoms with Crippen molar-refractivity contribution in [2.45, 2.75) is 31.9 Å². The molecule has 126 valence electrons. The fraction of sp³-hybridized carbons (Fsp3) is 0.538. The summed E-state index contributed by atoms with van der Waals surface area (Å²) in [4.78, 5) is 16.0. The zero-order chi connectivity index (χ0) is 17.8. The van der Waals surface area contributed by atoms with Crippen LogP contribution in [0.2, 0.25) is 0 Å². The third-order valence-corrected chi connectivity index (χ3v) is 3.39. The molecular weight excluding hydrogens is 320 g/mol. The van der Waals surface area contributed by atoms with Crippen LogP contribution in [-0.2, 0) is 27.0 Å². The van der Waals surface area contributed by atoms with Gasteiger partial charge in [0.1, 0.15) is 0 Å². The molecule has 0 aliphatic carbocycles.